The molecule has 1 aromatic heterocycles. The van der Waals surface area contributed by atoms with Crippen LogP contribution in [0.25, 0.3) is 16.7 Å². The van der Waals surface area contributed by atoms with Crippen molar-refractivity contribution in [2.75, 3.05) is 6.61 Å². The Morgan fingerprint density at radius 2 is 2.05 bits per heavy atom. The lowest BCUT2D eigenvalue weighted by molar-refractivity contribution is 0.339. The Morgan fingerprint density at radius 3 is 2.81 bits per heavy atom. The predicted molar refractivity (Wildman–Crippen MR) is 94.5 cm³/mol. The van der Waals surface area contributed by atoms with Gasteiger partial charge < -0.3 is 4.74 Å². The van der Waals surface area contributed by atoms with Crippen LogP contribution in [0, 0.1) is 3.57 Å². The molecule has 2 aromatic carbocycles. The second kappa shape index (κ2) is 6.23. The molecule has 0 amide bonds. The minimum Gasteiger partial charge on any atom is -0.492 e. The molecule has 0 radical (unpaired) electrons. The molecule has 21 heavy (non-hydrogen) atoms. The maximum Gasteiger partial charge on any atom is 0.143 e. The number of fused-ring (bicyclic) bond motifs is 1. The molecule has 0 aliphatic rings. The van der Waals surface area contributed by atoms with Gasteiger partial charge in [-0.3, -0.25) is 4.57 Å². The minimum atomic E-state index is 0.353. The molecule has 0 atom stereocenters. The summed E-state index contributed by atoms with van der Waals surface area (Å²) in [6.07, 6.45) is 0. The largest absolute Gasteiger partial charge is 0.492 e. The summed E-state index contributed by atoms with van der Waals surface area (Å²) in [5.74, 6) is 2.01. The fourth-order valence-electron chi connectivity index (χ4n) is 2.38. The average molecular weight is 413 g/mol. The van der Waals surface area contributed by atoms with Gasteiger partial charge in [0.15, 0.2) is 0 Å². The van der Waals surface area contributed by atoms with E-state index in [1.807, 2.05) is 31.2 Å². The van der Waals surface area contributed by atoms with Crippen LogP contribution in [0.4, 0.5) is 0 Å². The third kappa shape index (κ3) is 2.74. The molecule has 0 N–H and O–H groups in total. The first kappa shape index (κ1) is 14.7. The van der Waals surface area contributed by atoms with Crippen molar-refractivity contribution in [3.05, 3.63) is 51.9 Å². The number of aromatic nitrogens is 2. The van der Waals surface area contributed by atoms with Gasteiger partial charge in [-0.05, 0) is 59.8 Å². The zero-order valence-corrected chi connectivity index (χ0v) is 14.4. The van der Waals surface area contributed by atoms with Crippen molar-refractivity contribution < 1.29 is 4.74 Å². The van der Waals surface area contributed by atoms with E-state index in [1.165, 1.54) is 0 Å². The maximum absolute atomic E-state index is 6.10. The fourth-order valence-corrected chi connectivity index (χ4v) is 3.04. The number of alkyl halides is 1. The van der Waals surface area contributed by atoms with Crippen molar-refractivity contribution in [1.29, 1.82) is 0 Å². The summed E-state index contributed by atoms with van der Waals surface area (Å²) in [7, 11) is 0. The molecule has 0 unspecified atom stereocenters. The second-order valence-electron chi connectivity index (χ2n) is 4.53. The van der Waals surface area contributed by atoms with Crippen LogP contribution in [-0.4, -0.2) is 16.2 Å². The summed E-state index contributed by atoms with van der Waals surface area (Å²) in [5.41, 5.74) is 2.96. The van der Waals surface area contributed by atoms with Crippen LogP contribution < -0.4 is 4.74 Å². The maximum atomic E-state index is 6.10. The molecular formula is C16H14ClIN2O. The molecular weight excluding hydrogens is 399 g/mol. The smallest absolute Gasteiger partial charge is 0.143 e. The third-order valence-electron chi connectivity index (χ3n) is 3.21. The van der Waals surface area contributed by atoms with E-state index < -0.39 is 0 Å². The number of ether oxygens (including phenoxy) is 1. The van der Waals surface area contributed by atoms with Gasteiger partial charge in [-0.25, -0.2) is 4.98 Å². The number of nitrogens with zero attached hydrogens (tertiary/aromatic N) is 2. The molecule has 3 rings (SSSR count). The Balaban J connectivity index is 2.29. The Morgan fingerprint density at radius 1 is 1.24 bits per heavy atom. The van der Waals surface area contributed by atoms with Crippen molar-refractivity contribution in [3.63, 3.8) is 0 Å². The van der Waals surface area contributed by atoms with Gasteiger partial charge in [0.1, 0.15) is 11.6 Å². The monoisotopic (exact) mass is 412 g/mol. The average Bonchev–Trinajstić information content (AvgIpc) is 2.85. The predicted octanol–water partition coefficient (Wildman–Crippen LogP) is 4.77. The van der Waals surface area contributed by atoms with Gasteiger partial charge in [0, 0.05) is 3.57 Å². The molecule has 1 heterocycles. The number of rotatable bonds is 4. The second-order valence-corrected chi connectivity index (χ2v) is 6.04. The number of para-hydroxylation sites is 2. The highest BCUT2D eigenvalue weighted by Crippen LogP contribution is 2.29. The van der Waals surface area contributed by atoms with Crippen LogP contribution in [0.15, 0.2) is 42.5 Å². The van der Waals surface area contributed by atoms with Crippen LogP contribution in [-0.2, 0) is 5.88 Å². The highest BCUT2D eigenvalue weighted by Gasteiger charge is 2.15. The summed E-state index contributed by atoms with van der Waals surface area (Å²) >= 11 is 8.39. The third-order valence-corrected chi connectivity index (χ3v) is 4.12. The van der Waals surface area contributed by atoms with E-state index in [9.17, 15) is 0 Å². The lowest BCUT2D eigenvalue weighted by Crippen LogP contribution is -2.03. The summed E-state index contributed by atoms with van der Waals surface area (Å²) in [4.78, 5) is 4.64. The zero-order chi connectivity index (χ0) is 14.8. The highest BCUT2D eigenvalue weighted by molar-refractivity contribution is 14.1. The van der Waals surface area contributed by atoms with Gasteiger partial charge in [0.25, 0.3) is 0 Å². The molecule has 0 fully saturated rings. The van der Waals surface area contributed by atoms with Gasteiger partial charge in [0.05, 0.1) is 29.2 Å². The Kier molecular flexibility index (Phi) is 4.35. The van der Waals surface area contributed by atoms with E-state index in [1.54, 1.807) is 0 Å². The topological polar surface area (TPSA) is 27.1 Å². The quantitative estimate of drug-likeness (QED) is 0.456. The molecule has 0 aliphatic heterocycles. The lowest BCUT2D eigenvalue weighted by Gasteiger charge is -2.13. The Labute approximate surface area is 142 Å². The Hall–Kier alpha value is -1.27. The molecule has 108 valence electrons. The van der Waals surface area contributed by atoms with Crippen LogP contribution in [0.2, 0.25) is 0 Å². The number of hydrogen-bond donors (Lipinski definition) is 0. The fraction of sp³-hybridized carbons (Fsp3) is 0.188. The first-order valence-corrected chi connectivity index (χ1v) is 8.31. The highest BCUT2D eigenvalue weighted by atomic mass is 127. The minimum absolute atomic E-state index is 0.353. The van der Waals surface area contributed by atoms with E-state index >= 15 is 0 Å². The van der Waals surface area contributed by atoms with Crippen molar-refractivity contribution in [2.24, 2.45) is 0 Å². The summed E-state index contributed by atoms with van der Waals surface area (Å²) in [5, 5.41) is 0. The van der Waals surface area contributed by atoms with E-state index in [-0.39, 0.29) is 0 Å². The number of imidazole rings is 1. The van der Waals surface area contributed by atoms with Gasteiger partial charge >= 0.3 is 0 Å². The lowest BCUT2D eigenvalue weighted by atomic mass is 10.2. The molecule has 0 aliphatic carbocycles. The van der Waals surface area contributed by atoms with Gasteiger partial charge in [-0.1, -0.05) is 12.1 Å². The first-order chi connectivity index (χ1) is 10.2. The molecule has 3 aromatic rings. The van der Waals surface area contributed by atoms with E-state index in [4.69, 9.17) is 16.3 Å². The van der Waals surface area contributed by atoms with Crippen molar-refractivity contribution in [1.82, 2.24) is 9.55 Å². The van der Waals surface area contributed by atoms with Crippen LogP contribution in [0.5, 0.6) is 5.75 Å². The number of halogens is 2. The standard InChI is InChI=1S/C16H14ClIN2O/c1-2-21-15-6-4-3-5-14(15)20-13-8-7-11(18)9-12(13)19-16(20)10-17/h3-9H,2,10H2,1H3. The Bertz CT molecular complexity index is 785. The van der Waals surface area contributed by atoms with E-state index in [0.29, 0.717) is 12.5 Å². The zero-order valence-electron chi connectivity index (χ0n) is 11.5. The van der Waals surface area contributed by atoms with Gasteiger partial charge in [-0.15, -0.1) is 11.6 Å². The normalized spacial score (nSPS) is 11.0. The van der Waals surface area contributed by atoms with Crippen LogP contribution in [0.3, 0.4) is 0 Å². The van der Waals surface area contributed by atoms with E-state index in [0.717, 1.165) is 31.9 Å². The van der Waals surface area contributed by atoms with Crippen molar-refractivity contribution >= 4 is 45.2 Å². The molecule has 0 spiro atoms. The van der Waals surface area contributed by atoms with E-state index in [2.05, 4.69) is 50.3 Å². The SMILES string of the molecule is CCOc1ccccc1-n1c(CCl)nc2cc(I)ccc21. The molecule has 5 heteroatoms. The summed E-state index contributed by atoms with van der Waals surface area (Å²) in [6, 6.07) is 14.2. The van der Waals surface area contributed by atoms with Gasteiger partial charge in [0.2, 0.25) is 0 Å². The first-order valence-electron chi connectivity index (χ1n) is 6.69. The van der Waals surface area contributed by atoms with Crippen molar-refractivity contribution in [3.8, 4) is 11.4 Å². The molecule has 3 nitrogen and oxygen atoms in total. The molecule has 0 bridgehead atoms. The van der Waals surface area contributed by atoms with Crippen LogP contribution >= 0.6 is 34.2 Å². The molecule has 0 saturated carbocycles. The van der Waals surface area contributed by atoms with Crippen LogP contribution in [0.1, 0.15) is 12.7 Å². The summed E-state index contributed by atoms with van der Waals surface area (Å²) < 4.78 is 8.97. The summed E-state index contributed by atoms with van der Waals surface area (Å²) in [6.45, 7) is 2.60. The van der Waals surface area contributed by atoms with Crippen molar-refractivity contribution in [2.45, 2.75) is 12.8 Å². The number of benzene rings is 2. The molecule has 0 saturated heterocycles. The number of hydrogen-bond acceptors (Lipinski definition) is 2. The van der Waals surface area contributed by atoms with Gasteiger partial charge in [-0.2, -0.15) is 0 Å².